The molecule has 1 atom stereocenters. The van der Waals surface area contributed by atoms with Crippen molar-refractivity contribution in [2.45, 2.75) is 57.1 Å². The highest BCUT2D eigenvalue weighted by atomic mass is 16.6. The molecule has 12 heteroatoms. The van der Waals surface area contributed by atoms with Crippen LogP contribution < -0.4 is 11.4 Å². The number of nitrogens with zero attached hydrogens (tertiary/aromatic N) is 4. The summed E-state index contributed by atoms with van der Waals surface area (Å²) in [6.07, 6.45) is 3.13. The van der Waals surface area contributed by atoms with E-state index in [1.807, 2.05) is 61.5 Å². The third kappa shape index (κ3) is 5.82. The van der Waals surface area contributed by atoms with Gasteiger partial charge in [-0.25, -0.2) is 14.4 Å². The number of pyridine rings is 1. The van der Waals surface area contributed by atoms with Gasteiger partial charge in [0.05, 0.1) is 22.1 Å². The van der Waals surface area contributed by atoms with Gasteiger partial charge in [0, 0.05) is 56.5 Å². The fraction of sp³-hybridized carbons (Fsp3) is 0.382. The normalized spacial score (nSPS) is 17.1. The van der Waals surface area contributed by atoms with E-state index in [2.05, 4.69) is 19.9 Å². The molecule has 12 nitrogen and oxygen atoms in total. The molecule has 46 heavy (non-hydrogen) atoms. The molecular formula is C34H37N7O5. The first-order valence-electron chi connectivity index (χ1n) is 15.9. The second-order valence-corrected chi connectivity index (χ2v) is 12.4. The summed E-state index contributed by atoms with van der Waals surface area (Å²) in [6.45, 7) is 3.79. The van der Waals surface area contributed by atoms with Crippen molar-refractivity contribution >= 4 is 34.1 Å². The average Bonchev–Trinajstić information content (AvgIpc) is 3.63. The molecule has 2 aliphatic heterocycles. The van der Waals surface area contributed by atoms with Gasteiger partial charge in [-0.05, 0) is 74.1 Å². The van der Waals surface area contributed by atoms with Crippen molar-refractivity contribution in [1.82, 2.24) is 34.3 Å². The number of H-pyrrole nitrogens is 3. The molecule has 5 aromatic rings. The monoisotopic (exact) mass is 623 g/mol. The van der Waals surface area contributed by atoms with Crippen molar-refractivity contribution in [1.29, 1.82) is 0 Å². The molecule has 3 aromatic heterocycles. The number of piperidine rings is 2. The number of benzene rings is 2. The number of hydrogen-bond donors (Lipinski definition) is 3. The quantitative estimate of drug-likeness (QED) is 0.260. The lowest BCUT2D eigenvalue weighted by Gasteiger charge is -2.35. The zero-order chi connectivity index (χ0) is 31.8. The number of likely N-dealkylation sites (tertiary alicyclic amines) is 2. The number of hydrogen-bond acceptors (Lipinski definition) is 6. The summed E-state index contributed by atoms with van der Waals surface area (Å²) in [5.74, 6) is 0.0426. The van der Waals surface area contributed by atoms with Crippen LogP contribution in [0.2, 0.25) is 0 Å². The van der Waals surface area contributed by atoms with E-state index in [-0.39, 0.29) is 35.7 Å². The number of aromatic nitrogens is 5. The molecule has 1 unspecified atom stereocenters. The van der Waals surface area contributed by atoms with Crippen LogP contribution in [0.1, 0.15) is 54.5 Å². The van der Waals surface area contributed by atoms with E-state index >= 15 is 0 Å². The predicted molar refractivity (Wildman–Crippen MR) is 173 cm³/mol. The smallest absolute Gasteiger partial charge is 0.410 e. The van der Waals surface area contributed by atoms with Gasteiger partial charge in [0.25, 0.3) is 5.91 Å². The van der Waals surface area contributed by atoms with Gasteiger partial charge in [-0.1, -0.05) is 24.3 Å². The van der Waals surface area contributed by atoms with E-state index in [1.54, 1.807) is 20.6 Å². The summed E-state index contributed by atoms with van der Waals surface area (Å²) in [5.41, 5.74) is 5.20. The van der Waals surface area contributed by atoms with Crippen LogP contribution in [0.5, 0.6) is 0 Å². The Morgan fingerprint density at radius 1 is 0.891 bits per heavy atom. The van der Waals surface area contributed by atoms with Crippen molar-refractivity contribution in [2.24, 2.45) is 0 Å². The number of rotatable bonds is 6. The van der Waals surface area contributed by atoms with Gasteiger partial charge in [-0.2, -0.15) is 0 Å². The van der Waals surface area contributed by atoms with E-state index in [9.17, 15) is 19.2 Å². The maximum atomic E-state index is 14.0. The topological polar surface area (TPSA) is 149 Å². The van der Waals surface area contributed by atoms with E-state index in [4.69, 9.17) is 4.74 Å². The Bertz CT molecular complexity index is 1990. The van der Waals surface area contributed by atoms with Gasteiger partial charge in [0.1, 0.15) is 0 Å². The Morgan fingerprint density at radius 3 is 2.39 bits per heavy atom. The van der Waals surface area contributed by atoms with E-state index in [0.717, 1.165) is 40.7 Å². The molecule has 238 valence electrons. The first-order valence-corrected chi connectivity index (χ1v) is 15.9. The van der Waals surface area contributed by atoms with Crippen molar-refractivity contribution in [3.8, 4) is 0 Å². The molecule has 2 fully saturated rings. The van der Waals surface area contributed by atoms with Crippen molar-refractivity contribution in [2.75, 3.05) is 26.2 Å². The van der Waals surface area contributed by atoms with Crippen LogP contribution in [0.3, 0.4) is 0 Å². The molecule has 0 saturated carbocycles. The lowest BCUT2D eigenvalue weighted by molar-refractivity contribution is -0.142. The highest BCUT2D eigenvalue weighted by molar-refractivity contribution is 5.85. The lowest BCUT2D eigenvalue weighted by atomic mass is 9.92. The number of amides is 2. The fourth-order valence-corrected chi connectivity index (χ4v) is 7.06. The maximum Gasteiger partial charge on any atom is 0.410 e. The van der Waals surface area contributed by atoms with Gasteiger partial charge in [0.2, 0.25) is 0 Å². The van der Waals surface area contributed by atoms with Crippen LogP contribution in [0.15, 0.2) is 70.4 Å². The minimum absolute atomic E-state index is 0.0521. The Morgan fingerprint density at radius 2 is 1.63 bits per heavy atom. The van der Waals surface area contributed by atoms with Crippen LogP contribution in [0.4, 0.5) is 4.79 Å². The van der Waals surface area contributed by atoms with E-state index < -0.39 is 12.2 Å². The van der Waals surface area contributed by atoms with Gasteiger partial charge in [0.15, 0.2) is 6.10 Å². The first-order chi connectivity index (χ1) is 22.3. The van der Waals surface area contributed by atoms with Gasteiger partial charge in [-0.15, -0.1) is 0 Å². The standard InChI is InChI=1S/C34H37N7O5/c1-21-18-22(19-27-30(21)38-32(43)36-27)20-29(31(42)39-14-9-23(10-15-39)25-6-4-5-13-35-25)46-34(45)40-16-11-24(12-17-40)41-28-8-3-2-7-26(28)37-33(41)44/h2-8,13,18-19,23-24,29H,9-12,14-17,20H2,1H3,(H,37,44)(H2,36,38,43). The molecule has 2 aromatic carbocycles. The van der Waals surface area contributed by atoms with Crippen LogP contribution >= 0.6 is 0 Å². The van der Waals surface area contributed by atoms with Crippen LogP contribution in [0.25, 0.3) is 22.1 Å². The SMILES string of the molecule is Cc1cc(CC(OC(=O)N2CCC(n3c(=O)[nH]c4ccccc43)CC2)C(=O)N2CCC(c3ccccn3)CC2)cc2[nH]c(=O)[nH]c12. The zero-order valence-electron chi connectivity index (χ0n) is 25.7. The van der Waals surface area contributed by atoms with Crippen molar-refractivity contribution in [3.05, 3.63) is 98.6 Å². The third-order valence-electron chi connectivity index (χ3n) is 9.45. The second-order valence-electron chi connectivity index (χ2n) is 12.4. The Kier molecular flexibility index (Phi) is 7.93. The summed E-state index contributed by atoms with van der Waals surface area (Å²) in [6, 6.07) is 17.2. The van der Waals surface area contributed by atoms with Gasteiger partial charge in [-0.3, -0.25) is 14.3 Å². The summed E-state index contributed by atoms with van der Waals surface area (Å²) in [5, 5.41) is 0. The number of ether oxygens (including phenoxy) is 1. The van der Waals surface area contributed by atoms with E-state index in [0.29, 0.717) is 50.1 Å². The summed E-state index contributed by atoms with van der Waals surface area (Å²) < 4.78 is 7.81. The Labute approximate surface area is 264 Å². The summed E-state index contributed by atoms with van der Waals surface area (Å²) in [4.78, 5) is 68.7. The minimum Gasteiger partial charge on any atom is -0.436 e. The first kappa shape index (κ1) is 29.6. The van der Waals surface area contributed by atoms with Gasteiger partial charge < -0.3 is 29.5 Å². The molecule has 7 rings (SSSR count). The summed E-state index contributed by atoms with van der Waals surface area (Å²) in [7, 11) is 0. The second kappa shape index (κ2) is 12.3. The molecule has 5 heterocycles. The van der Waals surface area contributed by atoms with Gasteiger partial charge >= 0.3 is 17.5 Å². The summed E-state index contributed by atoms with van der Waals surface area (Å²) >= 11 is 0. The third-order valence-corrected chi connectivity index (χ3v) is 9.45. The number of nitrogens with one attached hydrogen (secondary N) is 3. The highest BCUT2D eigenvalue weighted by Crippen LogP contribution is 2.29. The number of aryl methyl sites for hydroxylation is 1. The number of imidazole rings is 2. The molecule has 0 aliphatic carbocycles. The maximum absolute atomic E-state index is 14.0. The molecule has 0 bridgehead atoms. The van der Waals surface area contributed by atoms with Crippen molar-refractivity contribution in [3.63, 3.8) is 0 Å². The Balaban J connectivity index is 1.07. The number of carbonyl (C=O) groups excluding carboxylic acids is 2. The van der Waals surface area contributed by atoms with Crippen LogP contribution in [0, 0.1) is 6.92 Å². The lowest BCUT2D eigenvalue weighted by Crippen LogP contribution is -2.48. The van der Waals surface area contributed by atoms with Crippen molar-refractivity contribution < 1.29 is 14.3 Å². The molecule has 0 radical (unpaired) electrons. The average molecular weight is 624 g/mol. The largest absolute Gasteiger partial charge is 0.436 e. The van der Waals surface area contributed by atoms with Crippen LogP contribution in [-0.2, 0) is 16.0 Å². The number of carbonyl (C=O) groups is 2. The highest BCUT2D eigenvalue weighted by Gasteiger charge is 2.34. The predicted octanol–water partition coefficient (Wildman–Crippen LogP) is 3.99. The number of fused-ring (bicyclic) bond motifs is 2. The molecular weight excluding hydrogens is 586 g/mol. The fourth-order valence-electron chi connectivity index (χ4n) is 7.06. The molecule has 2 amide bonds. The number of para-hydroxylation sites is 2. The molecule has 0 spiro atoms. The molecule has 2 aliphatic rings. The van der Waals surface area contributed by atoms with E-state index in [1.165, 1.54) is 0 Å². The molecule has 3 N–H and O–H groups in total. The Hall–Kier alpha value is -5.13. The number of aromatic amines is 3. The zero-order valence-corrected chi connectivity index (χ0v) is 25.7. The van der Waals surface area contributed by atoms with Crippen LogP contribution in [-0.4, -0.2) is 78.6 Å². The molecule has 2 saturated heterocycles. The minimum atomic E-state index is -1.03.